The summed E-state index contributed by atoms with van der Waals surface area (Å²) in [5, 5.41) is 0.0665. The Labute approximate surface area is 116 Å². The van der Waals surface area contributed by atoms with Crippen molar-refractivity contribution in [1.82, 2.24) is 4.90 Å². The SMILES string of the molecule is CC(=O)N1CCCN(c2cc(Cl)c(F)cc2N)CC1. The number of nitrogen functional groups attached to an aromatic ring is 1. The van der Waals surface area contributed by atoms with E-state index < -0.39 is 5.82 Å². The molecular formula is C13H17ClFN3O. The molecule has 0 radical (unpaired) electrons. The van der Waals surface area contributed by atoms with E-state index in [1.54, 1.807) is 17.9 Å². The fourth-order valence-corrected chi connectivity index (χ4v) is 2.46. The molecule has 0 unspecified atom stereocenters. The molecule has 4 nitrogen and oxygen atoms in total. The van der Waals surface area contributed by atoms with Crippen LogP contribution in [0.1, 0.15) is 13.3 Å². The van der Waals surface area contributed by atoms with E-state index in [1.807, 2.05) is 4.90 Å². The molecule has 0 bridgehead atoms. The molecule has 1 heterocycles. The van der Waals surface area contributed by atoms with Gasteiger partial charge in [0.2, 0.25) is 5.91 Å². The Morgan fingerprint density at radius 2 is 2.05 bits per heavy atom. The highest BCUT2D eigenvalue weighted by molar-refractivity contribution is 6.31. The van der Waals surface area contributed by atoms with E-state index in [9.17, 15) is 9.18 Å². The second-order valence-electron chi connectivity index (χ2n) is 4.67. The maximum Gasteiger partial charge on any atom is 0.219 e. The lowest BCUT2D eigenvalue weighted by atomic mass is 10.2. The van der Waals surface area contributed by atoms with Gasteiger partial charge >= 0.3 is 0 Å². The topological polar surface area (TPSA) is 49.6 Å². The van der Waals surface area contributed by atoms with Crippen molar-refractivity contribution >= 4 is 28.9 Å². The predicted molar refractivity (Wildman–Crippen MR) is 74.9 cm³/mol. The average molecular weight is 286 g/mol. The zero-order valence-electron chi connectivity index (χ0n) is 10.8. The number of amides is 1. The number of benzene rings is 1. The summed E-state index contributed by atoms with van der Waals surface area (Å²) >= 11 is 5.80. The maximum absolute atomic E-state index is 13.3. The Hall–Kier alpha value is -1.49. The minimum absolute atomic E-state index is 0.0665. The summed E-state index contributed by atoms with van der Waals surface area (Å²) in [4.78, 5) is 15.2. The number of hydrogen-bond acceptors (Lipinski definition) is 3. The fourth-order valence-electron chi connectivity index (χ4n) is 2.30. The first-order valence-corrected chi connectivity index (χ1v) is 6.62. The highest BCUT2D eigenvalue weighted by atomic mass is 35.5. The molecule has 1 aliphatic heterocycles. The van der Waals surface area contributed by atoms with Crippen LogP contribution in [0.15, 0.2) is 12.1 Å². The summed E-state index contributed by atoms with van der Waals surface area (Å²) in [6.07, 6.45) is 0.855. The molecule has 1 fully saturated rings. The molecule has 1 aliphatic rings. The first-order valence-electron chi connectivity index (χ1n) is 6.24. The molecule has 1 aromatic carbocycles. The van der Waals surface area contributed by atoms with Crippen LogP contribution >= 0.6 is 11.6 Å². The minimum atomic E-state index is -0.511. The Morgan fingerprint density at radius 3 is 2.74 bits per heavy atom. The third-order valence-electron chi connectivity index (χ3n) is 3.35. The van der Waals surface area contributed by atoms with Crippen LogP contribution in [0.25, 0.3) is 0 Å². The summed E-state index contributed by atoms with van der Waals surface area (Å²) < 4.78 is 13.3. The van der Waals surface area contributed by atoms with Crippen molar-refractivity contribution in [2.75, 3.05) is 36.8 Å². The van der Waals surface area contributed by atoms with Gasteiger partial charge in [-0.1, -0.05) is 11.6 Å². The number of carbonyl (C=O) groups is 1. The molecule has 19 heavy (non-hydrogen) atoms. The predicted octanol–water partition coefficient (Wildman–Crippen LogP) is 2.12. The van der Waals surface area contributed by atoms with Crippen LogP contribution in [0, 0.1) is 5.82 Å². The second-order valence-corrected chi connectivity index (χ2v) is 5.08. The maximum atomic E-state index is 13.3. The number of carbonyl (C=O) groups excluding carboxylic acids is 1. The van der Waals surface area contributed by atoms with Crippen molar-refractivity contribution in [3.63, 3.8) is 0 Å². The van der Waals surface area contributed by atoms with Gasteiger partial charge in [-0.05, 0) is 12.5 Å². The normalized spacial score (nSPS) is 16.4. The minimum Gasteiger partial charge on any atom is -0.397 e. The standard InChI is InChI=1S/C13H17ClFN3O/c1-9(19)17-3-2-4-18(6-5-17)13-7-10(14)11(15)8-12(13)16/h7-8H,2-6,16H2,1H3. The molecule has 0 atom stereocenters. The van der Waals surface area contributed by atoms with Gasteiger partial charge in [-0.25, -0.2) is 4.39 Å². The van der Waals surface area contributed by atoms with Crippen LogP contribution in [0.4, 0.5) is 15.8 Å². The van der Waals surface area contributed by atoms with Gasteiger partial charge in [0.15, 0.2) is 0 Å². The van der Waals surface area contributed by atoms with Crippen molar-refractivity contribution < 1.29 is 9.18 Å². The molecular weight excluding hydrogens is 269 g/mol. The number of anilines is 2. The number of rotatable bonds is 1. The highest BCUT2D eigenvalue weighted by Crippen LogP contribution is 2.30. The molecule has 1 amide bonds. The lowest BCUT2D eigenvalue weighted by Crippen LogP contribution is -2.33. The summed E-state index contributed by atoms with van der Waals surface area (Å²) in [6, 6.07) is 2.79. The molecule has 1 saturated heterocycles. The van der Waals surface area contributed by atoms with Crippen LogP contribution in [-0.2, 0) is 4.79 Å². The first-order chi connectivity index (χ1) is 8.99. The molecule has 104 valence electrons. The Morgan fingerprint density at radius 1 is 1.32 bits per heavy atom. The van der Waals surface area contributed by atoms with E-state index >= 15 is 0 Å². The van der Waals surface area contributed by atoms with E-state index in [0.717, 1.165) is 25.2 Å². The van der Waals surface area contributed by atoms with E-state index in [2.05, 4.69) is 0 Å². The highest BCUT2D eigenvalue weighted by Gasteiger charge is 2.19. The van der Waals surface area contributed by atoms with Crippen LogP contribution in [-0.4, -0.2) is 37.0 Å². The smallest absolute Gasteiger partial charge is 0.219 e. The van der Waals surface area contributed by atoms with Gasteiger partial charge in [0.05, 0.1) is 16.4 Å². The molecule has 0 saturated carbocycles. The van der Waals surface area contributed by atoms with Crippen molar-refractivity contribution in [3.05, 3.63) is 23.0 Å². The summed E-state index contributed by atoms with van der Waals surface area (Å²) in [7, 11) is 0. The van der Waals surface area contributed by atoms with E-state index in [1.165, 1.54) is 6.07 Å². The first kappa shape index (κ1) is 13.9. The van der Waals surface area contributed by atoms with Crippen molar-refractivity contribution in [3.8, 4) is 0 Å². The molecule has 6 heteroatoms. The number of hydrogen-bond donors (Lipinski definition) is 1. The van der Waals surface area contributed by atoms with Gasteiger partial charge < -0.3 is 15.5 Å². The largest absolute Gasteiger partial charge is 0.397 e. The number of nitrogens with two attached hydrogens (primary N) is 1. The third-order valence-corrected chi connectivity index (χ3v) is 3.64. The zero-order chi connectivity index (χ0) is 14.0. The van der Waals surface area contributed by atoms with Crippen molar-refractivity contribution in [2.45, 2.75) is 13.3 Å². The monoisotopic (exact) mass is 285 g/mol. The summed E-state index contributed by atoms with van der Waals surface area (Å²) in [5.74, 6) is -0.435. The molecule has 1 aromatic rings. The number of nitrogens with zero attached hydrogens (tertiary/aromatic N) is 2. The Balaban J connectivity index is 2.18. The second kappa shape index (κ2) is 5.65. The fraction of sp³-hybridized carbons (Fsp3) is 0.462. The molecule has 2 rings (SSSR count). The van der Waals surface area contributed by atoms with Gasteiger partial charge in [0.1, 0.15) is 5.82 Å². The van der Waals surface area contributed by atoms with Crippen molar-refractivity contribution in [1.29, 1.82) is 0 Å². The van der Waals surface area contributed by atoms with Gasteiger partial charge in [-0.2, -0.15) is 0 Å². The lowest BCUT2D eigenvalue weighted by molar-refractivity contribution is -0.128. The summed E-state index contributed by atoms with van der Waals surface area (Å²) in [6.45, 7) is 4.39. The Kier molecular flexibility index (Phi) is 4.14. The van der Waals surface area contributed by atoms with Crippen LogP contribution in [0.2, 0.25) is 5.02 Å². The van der Waals surface area contributed by atoms with Crippen LogP contribution < -0.4 is 10.6 Å². The number of halogens is 2. The molecule has 0 spiro atoms. The van der Waals surface area contributed by atoms with Gasteiger partial charge in [0.25, 0.3) is 0 Å². The molecule has 2 N–H and O–H groups in total. The summed E-state index contributed by atoms with van der Waals surface area (Å²) in [5.41, 5.74) is 6.95. The Bertz CT molecular complexity index is 495. The quantitative estimate of drug-likeness (QED) is 0.804. The van der Waals surface area contributed by atoms with Gasteiger partial charge in [-0.15, -0.1) is 0 Å². The lowest BCUT2D eigenvalue weighted by Gasteiger charge is -2.25. The van der Waals surface area contributed by atoms with Crippen LogP contribution in [0.5, 0.6) is 0 Å². The average Bonchev–Trinajstić information content (AvgIpc) is 2.59. The third kappa shape index (κ3) is 3.10. The van der Waals surface area contributed by atoms with Gasteiger partial charge in [0, 0.05) is 39.2 Å². The van der Waals surface area contributed by atoms with E-state index in [0.29, 0.717) is 18.8 Å². The van der Waals surface area contributed by atoms with Crippen molar-refractivity contribution in [2.24, 2.45) is 0 Å². The van der Waals surface area contributed by atoms with Gasteiger partial charge in [-0.3, -0.25) is 4.79 Å². The zero-order valence-corrected chi connectivity index (χ0v) is 11.6. The van der Waals surface area contributed by atoms with E-state index in [4.69, 9.17) is 17.3 Å². The molecule has 0 aliphatic carbocycles. The molecule has 0 aromatic heterocycles. The van der Waals surface area contributed by atoms with Crippen LogP contribution in [0.3, 0.4) is 0 Å². The van der Waals surface area contributed by atoms with E-state index in [-0.39, 0.29) is 10.9 Å².